The summed E-state index contributed by atoms with van der Waals surface area (Å²) in [6, 6.07) is 7.60. The molecule has 1 N–H and O–H groups in total. The number of anilines is 1. The maximum Gasteiger partial charge on any atom is 0.158 e. The van der Waals surface area contributed by atoms with Gasteiger partial charge in [0, 0.05) is 24.9 Å². The van der Waals surface area contributed by atoms with Gasteiger partial charge >= 0.3 is 0 Å². The van der Waals surface area contributed by atoms with Crippen LogP contribution in [0, 0.1) is 11.3 Å². The molecule has 1 aliphatic rings. The smallest absolute Gasteiger partial charge is 0.158 e. The average molecular weight is 372 g/mol. The van der Waals surface area contributed by atoms with E-state index < -0.39 is 0 Å². The molecule has 0 aliphatic carbocycles. The number of H-pyrrole nitrogens is 1. The largest absolute Gasteiger partial charge is 0.494 e. The Morgan fingerprint density at radius 1 is 1.29 bits per heavy atom. The Morgan fingerprint density at radius 2 is 2.21 bits per heavy atom. The van der Waals surface area contributed by atoms with Crippen LogP contribution in [-0.2, 0) is 6.42 Å². The number of hydrogen-bond donors (Lipinski definition) is 1. The van der Waals surface area contributed by atoms with Crippen molar-refractivity contribution in [1.29, 1.82) is 5.26 Å². The van der Waals surface area contributed by atoms with E-state index in [4.69, 9.17) is 15.1 Å². The summed E-state index contributed by atoms with van der Waals surface area (Å²) >= 11 is 0. The van der Waals surface area contributed by atoms with E-state index in [2.05, 4.69) is 24.8 Å². The van der Waals surface area contributed by atoms with Crippen molar-refractivity contribution in [2.75, 3.05) is 18.6 Å². The summed E-state index contributed by atoms with van der Waals surface area (Å²) in [5.41, 5.74) is 4.01. The predicted octanol–water partition coefficient (Wildman–Crippen LogP) is 1.88. The van der Waals surface area contributed by atoms with Gasteiger partial charge in [-0.05, 0) is 18.2 Å². The number of nitrogens with one attached hydrogen (secondary N) is 1. The molecule has 5 heterocycles. The Morgan fingerprint density at radius 3 is 3.00 bits per heavy atom. The van der Waals surface area contributed by atoms with Gasteiger partial charge in [-0.1, -0.05) is 0 Å². The molecule has 9 nitrogen and oxygen atoms in total. The van der Waals surface area contributed by atoms with Crippen LogP contribution >= 0.6 is 0 Å². The van der Waals surface area contributed by atoms with E-state index in [-0.39, 0.29) is 11.7 Å². The van der Waals surface area contributed by atoms with Crippen molar-refractivity contribution >= 4 is 11.3 Å². The lowest BCUT2D eigenvalue weighted by atomic mass is 10.00. The van der Waals surface area contributed by atoms with Crippen molar-refractivity contribution in [3.8, 4) is 11.8 Å². The maximum atomic E-state index is 9.00. The minimum absolute atomic E-state index is 0.221. The molecule has 138 valence electrons. The Hall–Kier alpha value is -3.93. The molecule has 4 aromatic rings. The van der Waals surface area contributed by atoms with Gasteiger partial charge in [-0.25, -0.2) is 19.5 Å². The van der Waals surface area contributed by atoms with E-state index in [9.17, 15) is 0 Å². The van der Waals surface area contributed by atoms with E-state index in [0.717, 1.165) is 41.3 Å². The zero-order valence-corrected chi connectivity index (χ0v) is 15.1. The summed E-state index contributed by atoms with van der Waals surface area (Å²) in [4.78, 5) is 18.5. The highest BCUT2D eigenvalue weighted by molar-refractivity contribution is 5.62. The van der Waals surface area contributed by atoms with Crippen molar-refractivity contribution in [3.63, 3.8) is 0 Å². The number of methoxy groups -OCH3 is 1. The van der Waals surface area contributed by atoms with E-state index in [1.165, 1.54) is 6.20 Å². The van der Waals surface area contributed by atoms with Gasteiger partial charge in [0.2, 0.25) is 0 Å². The first-order valence-corrected chi connectivity index (χ1v) is 8.81. The normalized spacial score (nSPS) is 16.0. The first kappa shape index (κ1) is 16.3. The second kappa shape index (κ2) is 6.35. The second-order valence-electron chi connectivity index (χ2n) is 6.46. The minimum atomic E-state index is -0.221. The van der Waals surface area contributed by atoms with E-state index in [1.807, 2.05) is 30.5 Å². The lowest BCUT2D eigenvalue weighted by Gasteiger charge is -2.34. The summed E-state index contributed by atoms with van der Waals surface area (Å²) in [6.45, 7) is 0.728. The predicted molar refractivity (Wildman–Crippen MR) is 100.0 cm³/mol. The summed E-state index contributed by atoms with van der Waals surface area (Å²) in [5, 5.41) is 13.8. The molecule has 1 aliphatic heterocycles. The van der Waals surface area contributed by atoms with Crippen LogP contribution in [0.2, 0.25) is 0 Å². The Kier molecular flexibility index (Phi) is 3.69. The molecule has 0 amide bonds. The topological polar surface area (TPSA) is 108 Å². The molecule has 0 saturated heterocycles. The highest BCUT2D eigenvalue weighted by Crippen LogP contribution is 2.36. The molecule has 1 atom stereocenters. The van der Waals surface area contributed by atoms with Gasteiger partial charge < -0.3 is 14.6 Å². The molecule has 5 rings (SSSR count). The molecular formula is C19H16N8O. The molecule has 0 unspecified atom stereocenters. The first-order chi connectivity index (χ1) is 13.8. The third kappa shape index (κ3) is 2.46. The number of imidazole rings is 1. The Bertz CT molecular complexity index is 1190. The summed E-state index contributed by atoms with van der Waals surface area (Å²) in [6.07, 6.45) is 7.52. The number of hydrogen-bond acceptors (Lipinski definition) is 7. The van der Waals surface area contributed by atoms with Crippen LogP contribution in [0.4, 0.5) is 5.82 Å². The summed E-state index contributed by atoms with van der Waals surface area (Å²) in [7, 11) is 1.65. The van der Waals surface area contributed by atoms with Crippen molar-refractivity contribution in [3.05, 3.63) is 65.9 Å². The maximum absolute atomic E-state index is 9.00. The minimum Gasteiger partial charge on any atom is -0.494 e. The summed E-state index contributed by atoms with van der Waals surface area (Å²) in [5.74, 6) is 1.44. The first-order valence-electron chi connectivity index (χ1n) is 8.81. The fourth-order valence-corrected chi connectivity index (χ4v) is 3.66. The van der Waals surface area contributed by atoms with Gasteiger partial charge in [0.05, 0.1) is 37.2 Å². The van der Waals surface area contributed by atoms with Crippen molar-refractivity contribution in [2.45, 2.75) is 12.5 Å². The van der Waals surface area contributed by atoms with Crippen LogP contribution in [-0.4, -0.2) is 43.2 Å². The number of nitriles is 1. The molecule has 28 heavy (non-hydrogen) atoms. The fourth-order valence-electron chi connectivity index (χ4n) is 3.66. The zero-order valence-electron chi connectivity index (χ0n) is 15.1. The molecule has 0 aromatic carbocycles. The third-order valence-corrected chi connectivity index (χ3v) is 4.95. The quantitative estimate of drug-likeness (QED) is 0.585. The van der Waals surface area contributed by atoms with Crippen LogP contribution in [0.25, 0.3) is 5.52 Å². The number of aromatic amines is 1. The van der Waals surface area contributed by atoms with Crippen molar-refractivity contribution in [2.24, 2.45) is 0 Å². The van der Waals surface area contributed by atoms with Crippen LogP contribution < -0.4 is 9.64 Å². The van der Waals surface area contributed by atoms with Gasteiger partial charge in [0.25, 0.3) is 0 Å². The van der Waals surface area contributed by atoms with Crippen molar-refractivity contribution in [1.82, 2.24) is 29.5 Å². The zero-order chi connectivity index (χ0) is 19.1. The van der Waals surface area contributed by atoms with Crippen LogP contribution in [0.3, 0.4) is 0 Å². The molecule has 0 radical (unpaired) electrons. The molecule has 0 saturated carbocycles. The second-order valence-corrected chi connectivity index (χ2v) is 6.46. The molecule has 0 spiro atoms. The van der Waals surface area contributed by atoms with Gasteiger partial charge in [-0.3, -0.25) is 0 Å². The van der Waals surface area contributed by atoms with Gasteiger partial charge in [-0.15, -0.1) is 0 Å². The van der Waals surface area contributed by atoms with Crippen LogP contribution in [0.5, 0.6) is 5.75 Å². The average Bonchev–Trinajstić information content (AvgIpc) is 3.39. The van der Waals surface area contributed by atoms with Gasteiger partial charge in [0.1, 0.15) is 29.2 Å². The highest BCUT2D eigenvalue weighted by Gasteiger charge is 2.34. The molecule has 0 bridgehead atoms. The fraction of sp³-hybridized carbons (Fsp3) is 0.211. The number of pyridine rings is 1. The highest BCUT2D eigenvalue weighted by atomic mass is 16.5. The van der Waals surface area contributed by atoms with E-state index in [0.29, 0.717) is 5.82 Å². The van der Waals surface area contributed by atoms with Gasteiger partial charge in [0.15, 0.2) is 5.69 Å². The monoisotopic (exact) mass is 372 g/mol. The van der Waals surface area contributed by atoms with E-state index in [1.54, 1.807) is 24.1 Å². The van der Waals surface area contributed by atoms with Crippen molar-refractivity contribution < 1.29 is 4.74 Å². The number of aromatic nitrogens is 6. The Balaban J connectivity index is 1.65. The number of rotatable bonds is 3. The standard InChI is InChI=1S/C19H16N8O/c1-28-16-3-2-5-27-15(16)7-14(25-27)19-18-13(23-11-24-18)4-6-26(19)17-10-21-12(8-20)9-22-17/h2-3,5,7,9-11,19H,4,6H2,1H3,(H,23,24)/t19-/m1/s1. The molecule has 4 aromatic heterocycles. The van der Waals surface area contributed by atoms with Crippen LogP contribution in [0.1, 0.15) is 28.8 Å². The Labute approximate surface area is 160 Å². The molecular weight excluding hydrogens is 356 g/mol. The van der Waals surface area contributed by atoms with E-state index >= 15 is 0 Å². The van der Waals surface area contributed by atoms with Crippen LogP contribution in [0.15, 0.2) is 43.1 Å². The number of ether oxygens (including phenoxy) is 1. The lowest BCUT2D eigenvalue weighted by molar-refractivity contribution is 0.417. The molecule has 0 fully saturated rings. The molecule has 9 heteroatoms. The lowest BCUT2D eigenvalue weighted by Crippen LogP contribution is -2.37. The number of fused-ring (bicyclic) bond motifs is 2. The number of nitrogens with zero attached hydrogens (tertiary/aromatic N) is 7. The van der Waals surface area contributed by atoms with Gasteiger partial charge in [-0.2, -0.15) is 10.4 Å². The third-order valence-electron chi connectivity index (χ3n) is 4.95. The SMILES string of the molecule is COc1cccn2nc([C@@H]3c4nc[nH]c4CCN3c3cnc(C#N)cn3)cc12. The summed E-state index contributed by atoms with van der Waals surface area (Å²) < 4.78 is 7.27.